The zero-order chi connectivity index (χ0) is 11.4. The largest absolute Gasteiger partial charge is 0.493 e. The SMILES string of the molecule is C[C@@H]1C(=O)C=CO[C@H]1/C=C/c1ccccc1. The van der Waals surface area contributed by atoms with Gasteiger partial charge in [-0.25, -0.2) is 0 Å². The molecule has 1 aliphatic rings. The molecule has 0 aromatic heterocycles. The Morgan fingerprint density at radius 2 is 2.00 bits per heavy atom. The van der Waals surface area contributed by atoms with Crippen LogP contribution in [-0.2, 0) is 9.53 Å². The Morgan fingerprint density at radius 3 is 2.75 bits per heavy atom. The first-order chi connectivity index (χ1) is 7.77. The maximum Gasteiger partial charge on any atom is 0.165 e. The summed E-state index contributed by atoms with van der Waals surface area (Å²) < 4.78 is 5.39. The number of allylic oxidation sites excluding steroid dienone is 1. The van der Waals surface area contributed by atoms with E-state index in [1.165, 1.54) is 12.3 Å². The summed E-state index contributed by atoms with van der Waals surface area (Å²) in [5.74, 6) is 0.0129. The van der Waals surface area contributed by atoms with Crippen LogP contribution >= 0.6 is 0 Å². The third-order valence-corrected chi connectivity index (χ3v) is 2.69. The molecule has 0 fully saturated rings. The summed E-state index contributed by atoms with van der Waals surface area (Å²) in [6.45, 7) is 1.88. The third-order valence-electron chi connectivity index (χ3n) is 2.69. The van der Waals surface area contributed by atoms with Gasteiger partial charge in [0.25, 0.3) is 0 Å². The topological polar surface area (TPSA) is 26.3 Å². The fourth-order valence-electron chi connectivity index (χ4n) is 1.61. The monoisotopic (exact) mass is 214 g/mol. The predicted molar refractivity (Wildman–Crippen MR) is 63.7 cm³/mol. The average Bonchev–Trinajstić information content (AvgIpc) is 2.32. The molecule has 0 radical (unpaired) electrons. The van der Waals surface area contributed by atoms with Crippen LogP contribution in [0, 0.1) is 5.92 Å². The molecule has 2 atom stereocenters. The smallest absolute Gasteiger partial charge is 0.165 e. The van der Waals surface area contributed by atoms with Crippen LogP contribution in [0.4, 0.5) is 0 Å². The molecular weight excluding hydrogens is 200 g/mol. The molecule has 2 nitrogen and oxygen atoms in total. The Balaban J connectivity index is 2.08. The molecule has 0 saturated heterocycles. The highest BCUT2D eigenvalue weighted by molar-refractivity contribution is 5.92. The lowest BCUT2D eigenvalue weighted by molar-refractivity contribution is -0.121. The van der Waals surface area contributed by atoms with E-state index in [4.69, 9.17) is 4.74 Å². The van der Waals surface area contributed by atoms with Gasteiger partial charge in [-0.2, -0.15) is 0 Å². The van der Waals surface area contributed by atoms with Gasteiger partial charge in [0.15, 0.2) is 5.78 Å². The van der Waals surface area contributed by atoms with Crippen LogP contribution in [0.15, 0.2) is 48.7 Å². The fraction of sp³-hybridized carbons (Fsp3) is 0.214. The number of ketones is 1. The van der Waals surface area contributed by atoms with Crippen LogP contribution in [0.25, 0.3) is 6.08 Å². The van der Waals surface area contributed by atoms with Crippen molar-refractivity contribution in [3.8, 4) is 0 Å². The molecule has 0 aliphatic carbocycles. The fourth-order valence-corrected chi connectivity index (χ4v) is 1.61. The lowest BCUT2D eigenvalue weighted by Gasteiger charge is -2.21. The highest BCUT2D eigenvalue weighted by Gasteiger charge is 2.23. The first-order valence-electron chi connectivity index (χ1n) is 5.36. The quantitative estimate of drug-likeness (QED) is 0.756. The third kappa shape index (κ3) is 2.40. The molecule has 1 aromatic carbocycles. The number of carbonyl (C=O) groups excluding carboxylic acids is 1. The Morgan fingerprint density at radius 1 is 1.25 bits per heavy atom. The van der Waals surface area contributed by atoms with Crippen molar-refractivity contribution < 1.29 is 9.53 Å². The van der Waals surface area contributed by atoms with Crippen molar-refractivity contribution >= 4 is 11.9 Å². The molecule has 2 heteroatoms. The van der Waals surface area contributed by atoms with Gasteiger partial charge in [0, 0.05) is 6.08 Å². The van der Waals surface area contributed by atoms with Gasteiger partial charge in [0.05, 0.1) is 12.2 Å². The molecule has 16 heavy (non-hydrogen) atoms. The van der Waals surface area contributed by atoms with Crippen molar-refractivity contribution in [3.63, 3.8) is 0 Å². The Hall–Kier alpha value is -1.83. The molecule has 1 aliphatic heterocycles. The molecule has 0 amide bonds. The number of hydrogen-bond acceptors (Lipinski definition) is 2. The van der Waals surface area contributed by atoms with Crippen LogP contribution in [-0.4, -0.2) is 11.9 Å². The van der Waals surface area contributed by atoms with Gasteiger partial charge < -0.3 is 4.74 Å². The normalized spacial score (nSPS) is 24.7. The molecule has 0 saturated carbocycles. The minimum absolute atomic E-state index is 0.107. The minimum Gasteiger partial charge on any atom is -0.493 e. The zero-order valence-electron chi connectivity index (χ0n) is 9.17. The lowest BCUT2D eigenvalue weighted by atomic mass is 9.97. The van der Waals surface area contributed by atoms with Gasteiger partial charge >= 0.3 is 0 Å². The number of carbonyl (C=O) groups is 1. The van der Waals surface area contributed by atoms with Crippen LogP contribution in [0.3, 0.4) is 0 Å². The molecule has 0 unspecified atom stereocenters. The standard InChI is InChI=1S/C14H14O2/c1-11-13(15)9-10-16-14(11)8-7-12-5-3-2-4-6-12/h2-11,14H,1H3/b8-7+/t11-,14+/m1/s1. The maximum atomic E-state index is 11.4. The van der Waals surface area contributed by atoms with Crippen molar-refractivity contribution in [3.05, 3.63) is 54.3 Å². The number of ether oxygens (including phenoxy) is 1. The van der Waals surface area contributed by atoms with Crippen LogP contribution in [0.2, 0.25) is 0 Å². The van der Waals surface area contributed by atoms with Crippen molar-refractivity contribution in [2.24, 2.45) is 5.92 Å². The molecule has 0 spiro atoms. The number of hydrogen-bond donors (Lipinski definition) is 0. The zero-order valence-corrected chi connectivity index (χ0v) is 9.17. The van der Waals surface area contributed by atoms with Crippen LogP contribution < -0.4 is 0 Å². The lowest BCUT2D eigenvalue weighted by Crippen LogP contribution is -2.27. The van der Waals surface area contributed by atoms with Crippen LogP contribution in [0.1, 0.15) is 12.5 Å². The Kier molecular flexibility index (Phi) is 3.20. The number of rotatable bonds is 2. The number of benzene rings is 1. The predicted octanol–water partition coefficient (Wildman–Crippen LogP) is 2.82. The van der Waals surface area contributed by atoms with Gasteiger partial charge in [0.1, 0.15) is 6.10 Å². The molecule has 0 N–H and O–H groups in total. The second-order valence-corrected chi connectivity index (χ2v) is 3.86. The van der Waals surface area contributed by atoms with E-state index in [1.54, 1.807) is 0 Å². The van der Waals surface area contributed by atoms with Gasteiger partial charge in [-0.3, -0.25) is 4.79 Å². The summed E-state index contributed by atoms with van der Waals surface area (Å²) >= 11 is 0. The molecule has 1 aromatic rings. The molecular formula is C14H14O2. The summed E-state index contributed by atoms with van der Waals surface area (Å²) in [5, 5.41) is 0. The van der Waals surface area contributed by atoms with E-state index >= 15 is 0 Å². The van der Waals surface area contributed by atoms with E-state index in [0.717, 1.165) is 5.56 Å². The average molecular weight is 214 g/mol. The molecule has 0 bridgehead atoms. The molecule has 1 heterocycles. The van der Waals surface area contributed by atoms with E-state index in [-0.39, 0.29) is 17.8 Å². The van der Waals surface area contributed by atoms with E-state index in [9.17, 15) is 4.79 Å². The summed E-state index contributed by atoms with van der Waals surface area (Å²) in [7, 11) is 0. The molecule has 82 valence electrons. The highest BCUT2D eigenvalue weighted by atomic mass is 16.5. The first-order valence-corrected chi connectivity index (χ1v) is 5.36. The van der Waals surface area contributed by atoms with Crippen LogP contribution in [0.5, 0.6) is 0 Å². The van der Waals surface area contributed by atoms with Gasteiger partial charge in [-0.05, 0) is 11.6 Å². The minimum atomic E-state index is -0.155. The van der Waals surface area contributed by atoms with Crippen molar-refractivity contribution in [2.45, 2.75) is 13.0 Å². The Bertz CT molecular complexity index is 418. The summed E-state index contributed by atoms with van der Waals surface area (Å²) in [4.78, 5) is 11.4. The van der Waals surface area contributed by atoms with Crippen molar-refractivity contribution in [1.82, 2.24) is 0 Å². The summed E-state index contributed by atoms with van der Waals surface area (Å²) in [5.41, 5.74) is 1.11. The van der Waals surface area contributed by atoms with E-state index in [1.807, 2.05) is 49.4 Å². The van der Waals surface area contributed by atoms with E-state index < -0.39 is 0 Å². The van der Waals surface area contributed by atoms with Crippen molar-refractivity contribution in [1.29, 1.82) is 0 Å². The van der Waals surface area contributed by atoms with Gasteiger partial charge in [-0.15, -0.1) is 0 Å². The van der Waals surface area contributed by atoms with E-state index in [0.29, 0.717) is 0 Å². The summed E-state index contributed by atoms with van der Waals surface area (Å²) in [6, 6.07) is 9.97. The second kappa shape index (κ2) is 4.79. The maximum absolute atomic E-state index is 11.4. The Labute approximate surface area is 95.2 Å². The first kappa shape index (κ1) is 10.7. The highest BCUT2D eigenvalue weighted by Crippen LogP contribution is 2.17. The van der Waals surface area contributed by atoms with Crippen molar-refractivity contribution in [2.75, 3.05) is 0 Å². The molecule has 2 rings (SSSR count). The summed E-state index contributed by atoms with van der Waals surface area (Å²) in [6.07, 6.45) is 6.72. The second-order valence-electron chi connectivity index (χ2n) is 3.86. The van der Waals surface area contributed by atoms with Gasteiger partial charge in [0.2, 0.25) is 0 Å². The van der Waals surface area contributed by atoms with Gasteiger partial charge in [-0.1, -0.05) is 43.3 Å². The van der Waals surface area contributed by atoms with E-state index in [2.05, 4.69) is 0 Å².